The van der Waals surface area contributed by atoms with Gasteiger partial charge in [0.1, 0.15) is 5.75 Å². The van der Waals surface area contributed by atoms with Crippen LogP contribution < -0.4 is 10.1 Å². The molecule has 0 aromatic heterocycles. The van der Waals surface area contributed by atoms with Gasteiger partial charge in [-0.25, -0.2) is 0 Å². The van der Waals surface area contributed by atoms with Crippen LogP contribution in [-0.2, 0) is 4.79 Å². The predicted octanol–water partition coefficient (Wildman–Crippen LogP) is 3.47. The summed E-state index contributed by atoms with van der Waals surface area (Å²) in [5.74, 6) is 0.246. The number of aliphatic hydroxyl groups excluding tert-OH is 1. The van der Waals surface area contributed by atoms with Gasteiger partial charge in [0.25, 0.3) is 5.91 Å². The number of carbonyl (C=O) groups is 1. The fourth-order valence-corrected chi connectivity index (χ4v) is 1.87. The van der Waals surface area contributed by atoms with E-state index in [-0.39, 0.29) is 11.4 Å². The molecule has 2 N–H and O–H groups in total. The third-order valence-electron chi connectivity index (χ3n) is 3.46. The number of halogens is 1. The van der Waals surface area contributed by atoms with Gasteiger partial charge in [0, 0.05) is 5.54 Å². The summed E-state index contributed by atoms with van der Waals surface area (Å²) in [6.45, 7) is 9.27. The van der Waals surface area contributed by atoms with E-state index in [1.165, 1.54) is 0 Å². The maximum absolute atomic E-state index is 12.1. The smallest absolute Gasteiger partial charge is 0.261 e. The highest BCUT2D eigenvalue weighted by atomic mass is 35.5. The first-order chi connectivity index (χ1) is 9.66. The van der Waals surface area contributed by atoms with Crippen molar-refractivity contribution in [3.63, 3.8) is 0 Å². The molecule has 0 aliphatic heterocycles. The van der Waals surface area contributed by atoms with Crippen molar-refractivity contribution < 1.29 is 14.6 Å². The van der Waals surface area contributed by atoms with Crippen molar-refractivity contribution in [2.45, 2.75) is 58.8 Å². The molecule has 0 aliphatic rings. The Morgan fingerprint density at radius 3 is 2.52 bits per heavy atom. The molecule has 1 aromatic rings. The third-order valence-corrected chi connectivity index (χ3v) is 3.75. The lowest BCUT2D eigenvalue weighted by Crippen LogP contribution is -2.48. The average molecular weight is 314 g/mol. The molecule has 118 valence electrons. The van der Waals surface area contributed by atoms with Crippen LogP contribution >= 0.6 is 11.6 Å². The van der Waals surface area contributed by atoms with E-state index >= 15 is 0 Å². The molecule has 1 amide bonds. The molecule has 0 saturated heterocycles. The molecular formula is C16H24ClNO3. The Bertz CT molecular complexity index is 500. The lowest BCUT2D eigenvalue weighted by atomic mass is 10.0. The van der Waals surface area contributed by atoms with Gasteiger partial charge in [-0.1, -0.05) is 24.6 Å². The van der Waals surface area contributed by atoms with Crippen LogP contribution in [0.1, 0.15) is 52.7 Å². The molecule has 1 rings (SSSR count). The summed E-state index contributed by atoms with van der Waals surface area (Å²) in [5.41, 5.74) is 0.436. The van der Waals surface area contributed by atoms with E-state index in [1.54, 1.807) is 32.0 Å². The summed E-state index contributed by atoms with van der Waals surface area (Å²) in [6.07, 6.45) is -0.414. The van der Waals surface area contributed by atoms with Gasteiger partial charge in [-0.3, -0.25) is 4.79 Å². The van der Waals surface area contributed by atoms with Crippen molar-refractivity contribution in [2.75, 3.05) is 0 Å². The standard InChI is InChI=1S/C16H24ClNO3/c1-6-16(4,5)18-15(20)11(3)21-14-8-7-12(10(2)19)9-13(14)17/h7-11,19H,6H2,1-5H3,(H,18,20)/t10-,11?/m1/s1. The molecule has 0 heterocycles. The molecule has 0 bridgehead atoms. The predicted molar refractivity (Wildman–Crippen MR) is 84.7 cm³/mol. The van der Waals surface area contributed by atoms with E-state index in [9.17, 15) is 9.90 Å². The van der Waals surface area contributed by atoms with E-state index in [4.69, 9.17) is 16.3 Å². The van der Waals surface area contributed by atoms with Crippen LogP contribution in [0.5, 0.6) is 5.75 Å². The quantitative estimate of drug-likeness (QED) is 0.845. The number of benzene rings is 1. The van der Waals surface area contributed by atoms with E-state index in [0.717, 1.165) is 6.42 Å². The van der Waals surface area contributed by atoms with Gasteiger partial charge in [-0.15, -0.1) is 0 Å². The minimum absolute atomic E-state index is 0.183. The van der Waals surface area contributed by atoms with Crippen LogP contribution in [0, 0.1) is 0 Å². The first-order valence-corrected chi connectivity index (χ1v) is 7.50. The summed E-state index contributed by atoms with van der Waals surface area (Å²) in [6, 6.07) is 5.04. The summed E-state index contributed by atoms with van der Waals surface area (Å²) < 4.78 is 5.61. The van der Waals surface area contributed by atoms with Crippen LogP contribution in [0.3, 0.4) is 0 Å². The molecule has 1 unspecified atom stereocenters. The Morgan fingerprint density at radius 2 is 2.05 bits per heavy atom. The number of rotatable bonds is 6. The van der Waals surface area contributed by atoms with E-state index in [0.29, 0.717) is 16.3 Å². The highest BCUT2D eigenvalue weighted by Crippen LogP contribution is 2.28. The molecule has 0 aliphatic carbocycles. The summed E-state index contributed by atoms with van der Waals surface area (Å²) in [7, 11) is 0. The van der Waals surface area contributed by atoms with Crippen molar-refractivity contribution in [2.24, 2.45) is 0 Å². The number of hydrogen-bond acceptors (Lipinski definition) is 3. The fourth-order valence-electron chi connectivity index (χ4n) is 1.64. The SMILES string of the molecule is CCC(C)(C)NC(=O)C(C)Oc1ccc([C@@H](C)O)cc1Cl. The van der Waals surface area contributed by atoms with Crippen molar-refractivity contribution in [3.8, 4) is 5.75 Å². The zero-order chi connectivity index (χ0) is 16.2. The molecule has 5 heteroatoms. The van der Waals surface area contributed by atoms with Crippen molar-refractivity contribution in [3.05, 3.63) is 28.8 Å². The Balaban J connectivity index is 2.75. The van der Waals surface area contributed by atoms with Crippen LogP contribution in [0.2, 0.25) is 5.02 Å². The average Bonchev–Trinajstić information content (AvgIpc) is 2.40. The first-order valence-electron chi connectivity index (χ1n) is 7.12. The first kappa shape index (κ1) is 17.8. The maximum Gasteiger partial charge on any atom is 0.261 e. The lowest BCUT2D eigenvalue weighted by Gasteiger charge is -2.26. The number of nitrogens with one attached hydrogen (secondary N) is 1. The molecule has 0 fully saturated rings. The van der Waals surface area contributed by atoms with Crippen molar-refractivity contribution in [1.82, 2.24) is 5.32 Å². The minimum Gasteiger partial charge on any atom is -0.479 e. The molecule has 0 spiro atoms. The van der Waals surface area contributed by atoms with Gasteiger partial charge in [0.05, 0.1) is 11.1 Å². The highest BCUT2D eigenvalue weighted by Gasteiger charge is 2.23. The maximum atomic E-state index is 12.1. The Hall–Kier alpha value is -1.26. The van der Waals surface area contributed by atoms with Crippen molar-refractivity contribution in [1.29, 1.82) is 0 Å². The molecule has 0 saturated carbocycles. The summed E-state index contributed by atoms with van der Waals surface area (Å²) in [4.78, 5) is 12.1. The van der Waals surface area contributed by atoms with Crippen molar-refractivity contribution >= 4 is 17.5 Å². The lowest BCUT2D eigenvalue weighted by molar-refractivity contribution is -0.128. The second-order valence-electron chi connectivity index (χ2n) is 5.85. The van der Waals surface area contributed by atoms with Gasteiger partial charge in [0.2, 0.25) is 0 Å². The van der Waals surface area contributed by atoms with E-state index in [2.05, 4.69) is 5.32 Å². The topological polar surface area (TPSA) is 58.6 Å². The largest absolute Gasteiger partial charge is 0.479 e. The zero-order valence-electron chi connectivity index (χ0n) is 13.2. The van der Waals surface area contributed by atoms with Crippen LogP contribution in [-0.4, -0.2) is 22.7 Å². The molecule has 2 atom stereocenters. The monoisotopic (exact) mass is 313 g/mol. The minimum atomic E-state index is -0.647. The molecule has 4 nitrogen and oxygen atoms in total. The molecule has 0 radical (unpaired) electrons. The van der Waals surface area contributed by atoms with Crippen LogP contribution in [0.15, 0.2) is 18.2 Å². The Morgan fingerprint density at radius 1 is 1.43 bits per heavy atom. The number of hydrogen-bond donors (Lipinski definition) is 2. The van der Waals surface area contributed by atoms with Crippen LogP contribution in [0.25, 0.3) is 0 Å². The summed E-state index contributed by atoms with van der Waals surface area (Å²) >= 11 is 6.11. The molecular weight excluding hydrogens is 290 g/mol. The normalized spacial score (nSPS) is 14.4. The number of ether oxygens (including phenoxy) is 1. The zero-order valence-corrected chi connectivity index (χ0v) is 14.0. The Kier molecular flexibility index (Phi) is 6.05. The summed E-state index contributed by atoms with van der Waals surface area (Å²) in [5, 5.41) is 12.8. The highest BCUT2D eigenvalue weighted by molar-refractivity contribution is 6.32. The fraction of sp³-hybridized carbons (Fsp3) is 0.562. The number of carbonyl (C=O) groups excluding carboxylic acids is 1. The van der Waals surface area contributed by atoms with Gasteiger partial charge < -0.3 is 15.2 Å². The second kappa shape index (κ2) is 7.14. The molecule has 21 heavy (non-hydrogen) atoms. The van der Waals surface area contributed by atoms with E-state index < -0.39 is 12.2 Å². The number of aliphatic hydroxyl groups is 1. The van der Waals surface area contributed by atoms with Crippen LogP contribution in [0.4, 0.5) is 0 Å². The molecule has 1 aromatic carbocycles. The second-order valence-corrected chi connectivity index (χ2v) is 6.26. The Labute approximate surface area is 131 Å². The van der Waals surface area contributed by atoms with E-state index in [1.807, 2.05) is 20.8 Å². The van der Waals surface area contributed by atoms with Gasteiger partial charge in [-0.2, -0.15) is 0 Å². The third kappa shape index (κ3) is 5.21. The van der Waals surface area contributed by atoms with Gasteiger partial charge in [0.15, 0.2) is 6.10 Å². The van der Waals surface area contributed by atoms with Gasteiger partial charge in [-0.05, 0) is 51.8 Å². The number of amides is 1. The van der Waals surface area contributed by atoms with Gasteiger partial charge >= 0.3 is 0 Å².